The van der Waals surface area contributed by atoms with Crippen molar-refractivity contribution in [1.29, 1.82) is 0 Å². The van der Waals surface area contributed by atoms with E-state index in [0.717, 1.165) is 33.3 Å². The third kappa shape index (κ3) is 4.63. The van der Waals surface area contributed by atoms with Crippen molar-refractivity contribution in [2.45, 2.75) is 25.7 Å². The number of nitrogens with zero attached hydrogens (tertiary/aromatic N) is 2. The largest absolute Gasteiger partial charge is 0.483 e. The minimum atomic E-state index is -0.125. The summed E-state index contributed by atoms with van der Waals surface area (Å²) in [6.07, 6.45) is 0. The van der Waals surface area contributed by atoms with Crippen molar-refractivity contribution in [3.63, 3.8) is 0 Å². The molecule has 1 N–H and O–H groups in total. The zero-order chi connectivity index (χ0) is 20.9. The number of aromatic nitrogens is 2. The monoisotopic (exact) mass is 419 g/mol. The number of hydrogen-bond donors (Lipinski definition) is 1. The molecule has 7 heteroatoms. The Morgan fingerprint density at radius 1 is 1.03 bits per heavy atom. The number of ether oxygens (including phenoxy) is 1. The average molecular weight is 420 g/mol. The SMILES string of the molecule is Cc1cccc(NC(=O)CSc2nnc(COc3cccc4ccccc34)o2)c1C. The number of aryl methyl sites for hydroxylation is 1. The van der Waals surface area contributed by atoms with Crippen molar-refractivity contribution >= 4 is 34.1 Å². The van der Waals surface area contributed by atoms with Gasteiger partial charge in [-0.1, -0.05) is 60.3 Å². The second-order valence-electron chi connectivity index (χ2n) is 6.81. The van der Waals surface area contributed by atoms with E-state index in [4.69, 9.17) is 9.15 Å². The first kappa shape index (κ1) is 20.0. The second-order valence-corrected chi connectivity index (χ2v) is 7.74. The lowest BCUT2D eigenvalue weighted by molar-refractivity contribution is -0.113. The molecule has 1 aromatic heterocycles. The number of fused-ring (bicyclic) bond motifs is 1. The molecule has 1 heterocycles. The summed E-state index contributed by atoms with van der Waals surface area (Å²) in [6.45, 7) is 4.16. The number of carbonyl (C=O) groups is 1. The summed E-state index contributed by atoms with van der Waals surface area (Å²) in [5, 5.41) is 13.4. The van der Waals surface area contributed by atoms with Crippen molar-refractivity contribution < 1.29 is 13.9 Å². The van der Waals surface area contributed by atoms with Crippen LogP contribution in [0.25, 0.3) is 10.8 Å². The number of amides is 1. The van der Waals surface area contributed by atoms with E-state index in [2.05, 4.69) is 15.5 Å². The van der Waals surface area contributed by atoms with E-state index >= 15 is 0 Å². The molecule has 1 amide bonds. The molecule has 4 aromatic rings. The van der Waals surface area contributed by atoms with E-state index in [1.165, 1.54) is 11.8 Å². The van der Waals surface area contributed by atoms with Gasteiger partial charge in [0.2, 0.25) is 5.91 Å². The molecular formula is C23H21N3O3S. The smallest absolute Gasteiger partial charge is 0.277 e. The quantitative estimate of drug-likeness (QED) is 0.418. The average Bonchev–Trinajstić information content (AvgIpc) is 3.22. The molecule has 0 aliphatic carbocycles. The summed E-state index contributed by atoms with van der Waals surface area (Å²) in [5.41, 5.74) is 3.00. The molecule has 0 radical (unpaired) electrons. The van der Waals surface area contributed by atoms with E-state index in [0.29, 0.717) is 11.1 Å². The van der Waals surface area contributed by atoms with Gasteiger partial charge in [-0.3, -0.25) is 4.79 Å². The minimum absolute atomic E-state index is 0.125. The van der Waals surface area contributed by atoms with Gasteiger partial charge < -0.3 is 14.5 Å². The Morgan fingerprint density at radius 3 is 2.73 bits per heavy atom. The number of hydrogen-bond acceptors (Lipinski definition) is 6. The Morgan fingerprint density at radius 2 is 1.83 bits per heavy atom. The maximum Gasteiger partial charge on any atom is 0.277 e. The van der Waals surface area contributed by atoms with Crippen LogP contribution in [-0.4, -0.2) is 21.9 Å². The zero-order valence-corrected chi connectivity index (χ0v) is 17.5. The Labute approximate surface area is 178 Å². The lowest BCUT2D eigenvalue weighted by atomic mass is 10.1. The molecule has 0 saturated heterocycles. The number of nitrogens with one attached hydrogen (secondary N) is 1. The van der Waals surface area contributed by atoms with Crippen LogP contribution in [0.3, 0.4) is 0 Å². The first-order valence-corrected chi connectivity index (χ1v) is 10.5. The van der Waals surface area contributed by atoms with Gasteiger partial charge in [0.1, 0.15) is 5.75 Å². The normalized spacial score (nSPS) is 10.9. The third-order valence-electron chi connectivity index (χ3n) is 4.75. The second kappa shape index (κ2) is 9.00. The van der Waals surface area contributed by atoms with Gasteiger partial charge in [-0.05, 0) is 42.5 Å². The van der Waals surface area contributed by atoms with Gasteiger partial charge in [-0.2, -0.15) is 0 Å². The topological polar surface area (TPSA) is 77.2 Å². The van der Waals surface area contributed by atoms with Crippen molar-refractivity contribution in [3.8, 4) is 5.75 Å². The van der Waals surface area contributed by atoms with Crippen LogP contribution in [0.1, 0.15) is 17.0 Å². The summed E-state index contributed by atoms with van der Waals surface area (Å²) in [6, 6.07) is 19.7. The fourth-order valence-electron chi connectivity index (χ4n) is 3.02. The molecule has 4 rings (SSSR count). The zero-order valence-electron chi connectivity index (χ0n) is 16.7. The Bertz CT molecular complexity index is 1180. The highest BCUT2D eigenvalue weighted by Gasteiger charge is 2.12. The summed E-state index contributed by atoms with van der Waals surface area (Å²) in [7, 11) is 0. The molecule has 0 aliphatic heterocycles. The summed E-state index contributed by atoms with van der Waals surface area (Å²) in [5.74, 6) is 1.17. The summed E-state index contributed by atoms with van der Waals surface area (Å²) in [4.78, 5) is 12.2. The molecule has 152 valence electrons. The van der Waals surface area contributed by atoms with Gasteiger partial charge in [-0.15, -0.1) is 10.2 Å². The number of anilines is 1. The third-order valence-corrected chi connectivity index (χ3v) is 5.57. The van der Waals surface area contributed by atoms with Crippen LogP contribution in [-0.2, 0) is 11.4 Å². The van der Waals surface area contributed by atoms with Gasteiger partial charge in [0.05, 0.1) is 5.75 Å². The Balaban J connectivity index is 1.32. The van der Waals surface area contributed by atoms with Crippen LogP contribution in [0.4, 0.5) is 5.69 Å². The van der Waals surface area contributed by atoms with Crippen LogP contribution in [0.15, 0.2) is 70.3 Å². The van der Waals surface area contributed by atoms with E-state index in [1.807, 2.05) is 74.5 Å². The van der Waals surface area contributed by atoms with Gasteiger partial charge in [0.15, 0.2) is 6.61 Å². The van der Waals surface area contributed by atoms with Crippen LogP contribution in [0.2, 0.25) is 0 Å². The van der Waals surface area contributed by atoms with Crippen molar-refractivity contribution in [1.82, 2.24) is 10.2 Å². The highest BCUT2D eigenvalue weighted by atomic mass is 32.2. The molecule has 0 unspecified atom stereocenters. The standard InChI is InChI=1S/C23H21N3O3S/c1-15-7-5-11-19(16(15)2)24-21(27)14-30-23-26-25-22(29-23)13-28-20-12-6-9-17-8-3-4-10-18(17)20/h3-12H,13-14H2,1-2H3,(H,24,27). The highest BCUT2D eigenvalue weighted by molar-refractivity contribution is 7.99. The van der Waals surface area contributed by atoms with Crippen LogP contribution in [0.5, 0.6) is 5.75 Å². The fraction of sp³-hybridized carbons (Fsp3) is 0.174. The molecule has 0 fully saturated rings. The van der Waals surface area contributed by atoms with Gasteiger partial charge in [-0.25, -0.2) is 0 Å². The molecule has 6 nitrogen and oxygen atoms in total. The maximum atomic E-state index is 12.2. The van der Waals surface area contributed by atoms with Crippen LogP contribution >= 0.6 is 11.8 Å². The molecule has 3 aromatic carbocycles. The Hall–Kier alpha value is -3.32. The van der Waals surface area contributed by atoms with Crippen LogP contribution < -0.4 is 10.1 Å². The summed E-state index contributed by atoms with van der Waals surface area (Å²) >= 11 is 1.20. The molecule has 0 aliphatic rings. The molecule has 0 bridgehead atoms. The van der Waals surface area contributed by atoms with Crippen molar-refractivity contribution in [3.05, 3.63) is 77.7 Å². The number of rotatable bonds is 7. The molecule has 0 saturated carbocycles. The van der Waals surface area contributed by atoms with Gasteiger partial charge >= 0.3 is 0 Å². The lowest BCUT2D eigenvalue weighted by Gasteiger charge is -2.09. The van der Waals surface area contributed by atoms with Crippen LogP contribution in [0, 0.1) is 13.8 Å². The molecular weight excluding hydrogens is 398 g/mol. The number of benzene rings is 3. The lowest BCUT2D eigenvalue weighted by Crippen LogP contribution is -2.15. The number of carbonyl (C=O) groups excluding carboxylic acids is 1. The predicted octanol–water partition coefficient (Wildman–Crippen LogP) is 5.15. The van der Waals surface area contributed by atoms with E-state index in [-0.39, 0.29) is 18.3 Å². The first-order chi connectivity index (χ1) is 14.6. The predicted molar refractivity (Wildman–Crippen MR) is 118 cm³/mol. The van der Waals surface area contributed by atoms with Gasteiger partial charge in [0, 0.05) is 11.1 Å². The first-order valence-electron chi connectivity index (χ1n) is 9.52. The maximum absolute atomic E-state index is 12.2. The fourth-order valence-corrected chi connectivity index (χ4v) is 3.60. The van der Waals surface area contributed by atoms with E-state index < -0.39 is 0 Å². The van der Waals surface area contributed by atoms with Crippen molar-refractivity contribution in [2.24, 2.45) is 0 Å². The highest BCUT2D eigenvalue weighted by Crippen LogP contribution is 2.26. The molecule has 30 heavy (non-hydrogen) atoms. The van der Waals surface area contributed by atoms with Crippen molar-refractivity contribution in [2.75, 3.05) is 11.1 Å². The summed E-state index contributed by atoms with van der Waals surface area (Å²) < 4.78 is 11.5. The molecule has 0 spiro atoms. The number of thioether (sulfide) groups is 1. The molecule has 0 atom stereocenters. The van der Waals surface area contributed by atoms with Gasteiger partial charge in [0.25, 0.3) is 11.1 Å². The minimum Gasteiger partial charge on any atom is -0.483 e. The van der Waals surface area contributed by atoms with E-state index in [1.54, 1.807) is 0 Å². The van der Waals surface area contributed by atoms with E-state index in [9.17, 15) is 4.79 Å². The Kier molecular flexibility index (Phi) is 5.99.